The summed E-state index contributed by atoms with van der Waals surface area (Å²) < 4.78 is 6.96. The number of carbonyl (C=O) groups is 1. The van der Waals surface area contributed by atoms with Crippen molar-refractivity contribution in [2.75, 3.05) is 26.0 Å². The number of benzene rings is 2. The number of rotatable bonds is 10. The van der Waals surface area contributed by atoms with Gasteiger partial charge in [-0.15, -0.1) is 16.8 Å². The largest absolute Gasteiger partial charge is 0.383 e. The van der Waals surface area contributed by atoms with Gasteiger partial charge < -0.3 is 10.1 Å². The molecule has 0 radical (unpaired) electrons. The second kappa shape index (κ2) is 11.1. The van der Waals surface area contributed by atoms with Gasteiger partial charge in [0.25, 0.3) is 0 Å². The second-order valence-corrected chi connectivity index (χ2v) is 8.72. The van der Waals surface area contributed by atoms with Crippen molar-refractivity contribution >= 4 is 28.6 Å². The lowest BCUT2D eigenvalue weighted by Crippen LogP contribution is -2.28. The normalized spacial score (nSPS) is 11.0. The number of amides is 1. The van der Waals surface area contributed by atoms with Crippen molar-refractivity contribution in [3.63, 3.8) is 0 Å². The Labute approximate surface area is 203 Å². The molecule has 1 N–H and O–H groups in total. The van der Waals surface area contributed by atoms with Crippen LogP contribution in [0.15, 0.2) is 72.4 Å². The van der Waals surface area contributed by atoms with Crippen molar-refractivity contribution < 1.29 is 9.53 Å². The number of thioether (sulfide) groups is 1. The van der Waals surface area contributed by atoms with Crippen LogP contribution in [0.1, 0.15) is 5.56 Å². The number of ether oxygens (including phenoxy) is 1. The van der Waals surface area contributed by atoms with Gasteiger partial charge in [-0.05, 0) is 19.1 Å². The van der Waals surface area contributed by atoms with E-state index in [0.29, 0.717) is 30.7 Å². The third-order valence-electron chi connectivity index (χ3n) is 5.29. The summed E-state index contributed by atoms with van der Waals surface area (Å²) in [5.74, 6) is 0.881. The van der Waals surface area contributed by atoms with E-state index in [-0.39, 0.29) is 11.7 Å². The summed E-state index contributed by atoms with van der Waals surface area (Å²) in [6.07, 6.45) is 1.81. The van der Waals surface area contributed by atoms with Crippen LogP contribution in [0.4, 0.5) is 0 Å². The predicted octanol–water partition coefficient (Wildman–Crippen LogP) is 4.51. The van der Waals surface area contributed by atoms with Crippen LogP contribution in [-0.4, -0.2) is 51.7 Å². The maximum absolute atomic E-state index is 12.2. The number of para-hydroxylation sites is 1. The Kier molecular flexibility index (Phi) is 7.72. The summed E-state index contributed by atoms with van der Waals surface area (Å²) in [5, 5.41) is 13.4. The van der Waals surface area contributed by atoms with Crippen LogP contribution >= 0.6 is 11.8 Å². The van der Waals surface area contributed by atoms with E-state index in [1.807, 2.05) is 28.8 Å². The van der Waals surface area contributed by atoms with Crippen LogP contribution in [0.5, 0.6) is 0 Å². The number of nitrogens with one attached hydrogen (secondary N) is 1. The van der Waals surface area contributed by atoms with Gasteiger partial charge in [0.1, 0.15) is 0 Å². The summed E-state index contributed by atoms with van der Waals surface area (Å²) in [7, 11) is 1.60. The molecule has 0 bridgehead atoms. The number of carbonyl (C=O) groups excluding carboxylic acids is 1. The quantitative estimate of drug-likeness (QED) is 0.207. The summed E-state index contributed by atoms with van der Waals surface area (Å²) in [6.45, 7) is 7.44. The van der Waals surface area contributed by atoms with E-state index >= 15 is 0 Å². The van der Waals surface area contributed by atoms with E-state index < -0.39 is 0 Å². The highest BCUT2D eigenvalue weighted by Gasteiger charge is 2.18. The Bertz CT molecular complexity index is 1300. The molecule has 0 fully saturated rings. The van der Waals surface area contributed by atoms with Crippen LogP contribution in [-0.2, 0) is 16.1 Å². The number of hydrogen-bond acceptors (Lipinski definition) is 6. The molecule has 8 heteroatoms. The summed E-state index contributed by atoms with van der Waals surface area (Å²) in [6, 6.07) is 18.4. The van der Waals surface area contributed by atoms with E-state index in [1.54, 1.807) is 13.2 Å². The topological polar surface area (TPSA) is 81.9 Å². The molecule has 2 heterocycles. The van der Waals surface area contributed by atoms with E-state index in [0.717, 1.165) is 27.7 Å². The highest BCUT2D eigenvalue weighted by Crippen LogP contribution is 2.33. The zero-order valence-corrected chi connectivity index (χ0v) is 20.1. The van der Waals surface area contributed by atoms with E-state index in [1.165, 1.54) is 17.3 Å². The molecular weight excluding hydrogens is 446 g/mol. The third kappa shape index (κ3) is 5.35. The van der Waals surface area contributed by atoms with Gasteiger partial charge in [-0.1, -0.05) is 65.9 Å². The molecule has 0 spiro atoms. The Morgan fingerprint density at radius 3 is 2.74 bits per heavy atom. The first-order valence-corrected chi connectivity index (χ1v) is 12.0. The van der Waals surface area contributed by atoms with Crippen LogP contribution in [0.2, 0.25) is 0 Å². The maximum Gasteiger partial charge on any atom is 0.230 e. The highest BCUT2D eigenvalue weighted by atomic mass is 32.2. The van der Waals surface area contributed by atoms with Crippen molar-refractivity contribution in [3.05, 3.63) is 72.8 Å². The van der Waals surface area contributed by atoms with Gasteiger partial charge in [0.05, 0.1) is 23.6 Å². The molecule has 0 aliphatic carbocycles. The Balaban J connectivity index is 1.72. The number of nitrogens with zero attached hydrogens (tertiary/aromatic N) is 4. The Hall–Kier alpha value is -3.49. The summed E-state index contributed by atoms with van der Waals surface area (Å²) >= 11 is 1.35. The van der Waals surface area contributed by atoms with Gasteiger partial charge in [0.15, 0.2) is 11.0 Å². The fourth-order valence-corrected chi connectivity index (χ4v) is 4.37. The predicted molar refractivity (Wildman–Crippen MR) is 137 cm³/mol. The molecule has 0 saturated carbocycles. The molecular formula is C26H27N5O2S. The summed E-state index contributed by atoms with van der Waals surface area (Å²) in [4.78, 5) is 17.1. The van der Waals surface area contributed by atoms with Crippen molar-refractivity contribution in [3.8, 4) is 22.6 Å². The fourth-order valence-electron chi connectivity index (χ4n) is 3.59. The molecule has 2 aromatic carbocycles. The molecule has 174 valence electrons. The fraction of sp³-hybridized carbons (Fsp3) is 0.231. The zero-order valence-electron chi connectivity index (χ0n) is 19.3. The molecule has 0 unspecified atom stereocenters. The molecule has 34 heavy (non-hydrogen) atoms. The van der Waals surface area contributed by atoms with Gasteiger partial charge in [-0.25, -0.2) is 4.98 Å². The maximum atomic E-state index is 12.2. The minimum atomic E-state index is -0.0761. The van der Waals surface area contributed by atoms with E-state index in [4.69, 9.17) is 9.72 Å². The molecule has 2 aromatic heterocycles. The average Bonchev–Trinajstić information content (AvgIpc) is 3.25. The number of allylic oxidation sites excluding steroid dienone is 1. The molecule has 0 atom stereocenters. The third-order valence-corrected chi connectivity index (χ3v) is 6.26. The number of hydrogen-bond donors (Lipinski definition) is 1. The van der Waals surface area contributed by atoms with Crippen LogP contribution < -0.4 is 5.32 Å². The summed E-state index contributed by atoms with van der Waals surface area (Å²) in [5.41, 5.74) is 4.93. The number of aromatic nitrogens is 4. The van der Waals surface area contributed by atoms with Gasteiger partial charge in [0.2, 0.25) is 5.91 Å². The Morgan fingerprint density at radius 1 is 1.18 bits per heavy atom. The first-order chi connectivity index (χ1) is 16.6. The van der Waals surface area contributed by atoms with Crippen molar-refractivity contribution in [1.82, 2.24) is 25.1 Å². The number of pyridine rings is 1. The van der Waals surface area contributed by atoms with E-state index in [2.05, 4.69) is 59.3 Å². The monoisotopic (exact) mass is 473 g/mol. The molecule has 7 nitrogen and oxygen atoms in total. The standard InChI is InChI=1S/C26H27N5O2S/c1-4-14-31-25(29-30-26(31)34-17-24(32)27-13-15-33-3)21-16-23(19-11-9-18(2)10-12-19)28-22-8-6-5-7-20(21)22/h4-12,16H,1,13-15,17H2,2-3H3,(H,27,32). The van der Waals surface area contributed by atoms with Gasteiger partial charge in [-0.3, -0.25) is 9.36 Å². The first kappa shape index (κ1) is 23.7. The van der Waals surface area contributed by atoms with Crippen molar-refractivity contribution in [2.45, 2.75) is 18.6 Å². The lowest BCUT2D eigenvalue weighted by Gasteiger charge is -2.12. The van der Waals surface area contributed by atoms with Crippen molar-refractivity contribution in [1.29, 1.82) is 0 Å². The molecule has 4 aromatic rings. The second-order valence-electron chi connectivity index (χ2n) is 7.78. The SMILES string of the molecule is C=CCn1c(SCC(=O)NCCOC)nnc1-c1cc(-c2ccc(C)cc2)nc2ccccc12. The number of methoxy groups -OCH3 is 1. The zero-order chi connectivity index (χ0) is 23.9. The van der Waals surface area contributed by atoms with Gasteiger partial charge in [0, 0.05) is 36.7 Å². The molecule has 0 aliphatic heterocycles. The van der Waals surface area contributed by atoms with Crippen LogP contribution in [0.3, 0.4) is 0 Å². The average molecular weight is 474 g/mol. The molecule has 0 aliphatic rings. The minimum absolute atomic E-state index is 0.0761. The van der Waals surface area contributed by atoms with Crippen molar-refractivity contribution in [2.24, 2.45) is 0 Å². The lowest BCUT2D eigenvalue weighted by molar-refractivity contribution is -0.118. The smallest absolute Gasteiger partial charge is 0.230 e. The lowest BCUT2D eigenvalue weighted by atomic mass is 10.0. The highest BCUT2D eigenvalue weighted by molar-refractivity contribution is 7.99. The van der Waals surface area contributed by atoms with E-state index in [9.17, 15) is 4.79 Å². The Morgan fingerprint density at radius 2 is 1.97 bits per heavy atom. The first-order valence-electron chi connectivity index (χ1n) is 11.0. The molecule has 1 amide bonds. The van der Waals surface area contributed by atoms with Crippen LogP contribution in [0, 0.1) is 6.92 Å². The van der Waals surface area contributed by atoms with Gasteiger partial charge in [-0.2, -0.15) is 0 Å². The van der Waals surface area contributed by atoms with Crippen LogP contribution in [0.25, 0.3) is 33.5 Å². The molecule has 4 rings (SSSR count). The minimum Gasteiger partial charge on any atom is -0.383 e. The number of aryl methyl sites for hydroxylation is 1. The van der Waals surface area contributed by atoms with Gasteiger partial charge >= 0.3 is 0 Å². The molecule has 0 saturated heterocycles. The number of fused-ring (bicyclic) bond motifs is 1.